The molecule has 1 aliphatic heterocycles. The Labute approximate surface area is 119 Å². The maximum atomic E-state index is 10.4. The molecule has 2 rings (SSSR count). The molecule has 4 heteroatoms. The van der Waals surface area contributed by atoms with Gasteiger partial charge in [-0.05, 0) is 42.2 Å². The van der Waals surface area contributed by atoms with Crippen LogP contribution in [0.25, 0.3) is 6.08 Å². The lowest BCUT2D eigenvalue weighted by molar-refractivity contribution is -0.104. The molecule has 0 spiro atoms. The average Bonchev–Trinajstić information content (AvgIpc) is 2.49. The van der Waals surface area contributed by atoms with Crippen LogP contribution in [-0.4, -0.2) is 44.3 Å². The molecule has 0 bridgehead atoms. The van der Waals surface area contributed by atoms with Crippen molar-refractivity contribution in [3.8, 4) is 0 Å². The molecule has 1 heterocycles. The van der Waals surface area contributed by atoms with Gasteiger partial charge in [-0.1, -0.05) is 12.1 Å². The summed E-state index contributed by atoms with van der Waals surface area (Å²) >= 11 is 0. The van der Waals surface area contributed by atoms with E-state index in [2.05, 4.69) is 17.0 Å². The highest BCUT2D eigenvalue weighted by molar-refractivity contribution is 5.74. The van der Waals surface area contributed by atoms with Gasteiger partial charge in [0.1, 0.15) is 6.29 Å². The monoisotopic (exact) mass is 275 g/mol. The number of allylic oxidation sites excluding steroid dienone is 1. The average molecular weight is 275 g/mol. The van der Waals surface area contributed by atoms with Crippen LogP contribution in [0.4, 0.5) is 5.69 Å². The van der Waals surface area contributed by atoms with Gasteiger partial charge in [-0.15, -0.1) is 0 Å². The molecule has 0 amide bonds. The topological polar surface area (TPSA) is 49.8 Å². The summed E-state index contributed by atoms with van der Waals surface area (Å²) in [5.74, 6) is 0. The number of nitrogens with zero attached hydrogens (tertiary/aromatic N) is 1. The lowest BCUT2D eigenvalue weighted by Crippen LogP contribution is -2.32. The van der Waals surface area contributed by atoms with Crippen molar-refractivity contribution in [1.29, 1.82) is 0 Å². The third kappa shape index (κ3) is 3.92. The molecule has 20 heavy (non-hydrogen) atoms. The number of benzene rings is 1. The van der Waals surface area contributed by atoms with E-state index in [0.29, 0.717) is 13.2 Å². The molecule has 4 nitrogen and oxygen atoms in total. The summed E-state index contributed by atoms with van der Waals surface area (Å²) in [5, 5.41) is 8.69. The van der Waals surface area contributed by atoms with Crippen molar-refractivity contribution in [3.63, 3.8) is 0 Å². The minimum atomic E-state index is 0.0724. The Balaban J connectivity index is 2.03. The standard InChI is InChI=1S/C16H21NO3/c18-9-2-3-14-5-6-16-15(13-14)4-1-7-17(16)8-11-20-12-10-19/h2-3,5-6,9,13,19H,1,4,7-8,10-12H2/b3-2+. The number of ether oxygens (including phenoxy) is 1. The third-order valence-corrected chi connectivity index (χ3v) is 3.43. The molecule has 1 aromatic rings. The van der Waals surface area contributed by atoms with Gasteiger partial charge in [0.2, 0.25) is 0 Å². The van der Waals surface area contributed by atoms with E-state index in [1.165, 1.54) is 17.3 Å². The maximum Gasteiger partial charge on any atom is 0.142 e. The number of carbonyl (C=O) groups excluding carboxylic acids is 1. The summed E-state index contributed by atoms with van der Waals surface area (Å²) in [5.41, 5.74) is 3.65. The van der Waals surface area contributed by atoms with Crippen LogP contribution in [0.3, 0.4) is 0 Å². The Morgan fingerprint density at radius 2 is 2.25 bits per heavy atom. The molecule has 0 radical (unpaired) electrons. The Morgan fingerprint density at radius 1 is 1.35 bits per heavy atom. The second-order valence-corrected chi connectivity index (χ2v) is 4.81. The van der Waals surface area contributed by atoms with Crippen LogP contribution in [-0.2, 0) is 16.0 Å². The fraction of sp³-hybridized carbons (Fsp3) is 0.438. The van der Waals surface area contributed by atoms with Gasteiger partial charge in [-0.3, -0.25) is 4.79 Å². The smallest absolute Gasteiger partial charge is 0.142 e. The normalized spacial score (nSPS) is 14.6. The number of hydrogen-bond donors (Lipinski definition) is 1. The number of aliphatic hydroxyl groups is 1. The molecule has 1 aliphatic rings. The first-order chi connectivity index (χ1) is 9.85. The minimum Gasteiger partial charge on any atom is -0.394 e. The Hall–Kier alpha value is -1.65. The molecule has 1 aromatic carbocycles. The quantitative estimate of drug-likeness (QED) is 0.467. The van der Waals surface area contributed by atoms with Crippen molar-refractivity contribution >= 4 is 18.0 Å². The molecule has 0 aliphatic carbocycles. The molecule has 0 saturated carbocycles. The zero-order valence-corrected chi connectivity index (χ0v) is 11.6. The molecule has 0 atom stereocenters. The van der Waals surface area contributed by atoms with Gasteiger partial charge in [0.15, 0.2) is 0 Å². The zero-order valence-electron chi connectivity index (χ0n) is 11.6. The van der Waals surface area contributed by atoms with E-state index in [4.69, 9.17) is 9.84 Å². The lowest BCUT2D eigenvalue weighted by Gasteiger charge is -2.31. The maximum absolute atomic E-state index is 10.4. The minimum absolute atomic E-state index is 0.0724. The van der Waals surface area contributed by atoms with Gasteiger partial charge in [0.05, 0.1) is 19.8 Å². The Morgan fingerprint density at radius 3 is 3.05 bits per heavy atom. The first-order valence-corrected chi connectivity index (χ1v) is 7.03. The Bertz CT molecular complexity index is 471. The zero-order chi connectivity index (χ0) is 14.2. The van der Waals surface area contributed by atoms with E-state index >= 15 is 0 Å². The molecular weight excluding hydrogens is 254 g/mol. The summed E-state index contributed by atoms with van der Waals surface area (Å²) < 4.78 is 5.34. The number of aryl methyl sites for hydroxylation is 1. The van der Waals surface area contributed by atoms with Crippen molar-refractivity contribution in [2.45, 2.75) is 12.8 Å². The number of aldehydes is 1. The summed E-state index contributed by atoms with van der Waals surface area (Å²) in [4.78, 5) is 12.7. The van der Waals surface area contributed by atoms with Crippen LogP contribution in [0, 0.1) is 0 Å². The number of aliphatic hydroxyl groups excluding tert-OH is 1. The van der Waals surface area contributed by atoms with Crippen LogP contribution in [0.2, 0.25) is 0 Å². The van der Waals surface area contributed by atoms with Crippen molar-refractivity contribution in [3.05, 3.63) is 35.4 Å². The molecule has 0 unspecified atom stereocenters. The van der Waals surface area contributed by atoms with E-state index in [0.717, 1.165) is 37.8 Å². The largest absolute Gasteiger partial charge is 0.394 e. The summed E-state index contributed by atoms with van der Waals surface area (Å²) in [6.45, 7) is 2.99. The molecule has 0 aromatic heterocycles. The van der Waals surface area contributed by atoms with Crippen molar-refractivity contribution in [2.75, 3.05) is 37.8 Å². The van der Waals surface area contributed by atoms with Gasteiger partial charge >= 0.3 is 0 Å². The number of carbonyl (C=O) groups is 1. The first-order valence-electron chi connectivity index (χ1n) is 7.03. The molecule has 0 fully saturated rings. The van der Waals surface area contributed by atoms with Crippen molar-refractivity contribution in [1.82, 2.24) is 0 Å². The van der Waals surface area contributed by atoms with E-state index in [1.807, 2.05) is 12.1 Å². The summed E-state index contributed by atoms with van der Waals surface area (Å²) in [6.07, 6.45) is 6.35. The third-order valence-electron chi connectivity index (χ3n) is 3.43. The van der Waals surface area contributed by atoms with Gasteiger partial charge in [-0.25, -0.2) is 0 Å². The molecule has 0 saturated heterocycles. The highest BCUT2D eigenvalue weighted by atomic mass is 16.5. The summed E-state index contributed by atoms with van der Waals surface area (Å²) in [6, 6.07) is 6.30. The predicted octanol–water partition coefficient (Wildman–Crippen LogP) is 1.66. The predicted molar refractivity (Wildman–Crippen MR) is 80.0 cm³/mol. The van der Waals surface area contributed by atoms with Crippen LogP contribution >= 0.6 is 0 Å². The van der Waals surface area contributed by atoms with Crippen molar-refractivity contribution in [2.24, 2.45) is 0 Å². The molecular formula is C16H21NO3. The lowest BCUT2D eigenvalue weighted by atomic mass is 9.99. The van der Waals surface area contributed by atoms with Crippen LogP contribution in [0.15, 0.2) is 24.3 Å². The van der Waals surface area contributed by atoms with Gasteiger partial charge in [-0.2, -0.15) is 0 Å². The van der Waals surface area contributed by atoms with Crippen LogP contribution in [0.1, 0.15) is 17.5 Å². The fourth-order valence-electron chi connectivity index (χ4n) is 2.52. The summed E-state index contributed by atoms with van der Waals surface area (Å²) in [7, 11) is 0. The van der Waals surface area contributed by atoms with Crippen LogP contribution in [0.5, 0.6) is 0 Å². The number of rotatable bonds is 7. The van der Waals surface area contributed by atoms with Gasteiger partial charge < -0.3 is 14.7 Å². The Kier molecular flexibility index (Phi) is 5.77. The SMILES string of the molecule is O=C/C=C/c1ccc2c(c1)CCCN2CCOCCO. The van der Waals surface area contributed by atoms with Gasteiger partial charge in [0.25, 0.3) is 0 Å². The van der Waals surface area contributed by atoms with E-state index in [9.17, 15) is 4.79 Å². The van der Waals surface area contributed by atoms with E-state index < -0.39 is 0 Å². The number of anilines is 1. The number of hydrogen-bond acceptors (Lipinski definition) is 4. The second-order valence-electron chi connectivity index (χ2n) is 4.81. The van der Waals surface area contributed by atoms with E-state index in [-0.39, 0.29) is 6.61 Å². The van der Waals surface area contributed by atoms with E-state index in [1.54, 1.807) is 0 Å². The fourth-order valence-corrected chi connectivity index (χ4v) is 2.52. The van der Waals surface area contributed by atoms with Crippen molar-refractivity contribution < 1.29 is 14.6 Å². The van der Waals surface area contributed by atoms with Gasteiger partial charge in [0, 0.05) is 18.8 Å². The molecule has 1 N–H and O–H groups in total. The second kappa shape index (κ2) is 7.82. The highest BCUT2D eigenvalue weighted by Crippen LogP contribution is 2.28. The van der Waals surface area contributed by atoms with Crippen LogP contribution < -0.4 is 4.90 Å². The number of fused-ring (bicyclic) bond motifs is 1. The highest BCUT2D eigenvalue weighted by Gasteiger charge is 2.16. The molecule has 108 valence electrons. The first kappa shape index (κ1) is 14.8.